The van der Waals surface area contributed by atoms with Crippen LogP contribution in [0.15, 0.2) is 0 Å². The van der Waals surface area contributed by atoms with Gasteiger partial charge in [0.2, 0.25) is 5.91 Å². The molecule has 1 amide bonds. The summed E-state index contributed by atoms with van der Waals surface area (Å²) < 4.78 is 0. The fourth-order valence-electron chi connectivity index (χ4n) is 2.60. The Morgan fingerprint density at radius 1 is 1.44 bits per heavy atom. The maximum absolute atomic E-state index is 12.3. The van der Waals surface area contributed by atoms with Crippen molar-refractivity contribution in [1.82, 2.24) is 9.80 Å². The molecule has 1 aliphatic rings. The summed E-state index contributed by atoms with van der Waals surface area (Å²) in [4.78, 5) is 16.5. The van der Waals surface area contributed by atoms with Gasteiger partial charge in [0.15, 0.2) is 0 Å². The second-order valence-corrected chi connectivity index (χ2v) is 4.93. The van der Waals surface area contributed by atoms with E-state index in [1.54, 1.807) is 0 Å². The number of nitrogens with two attached hydrogens (primary N) is 1. The van der Waals surface area contributed by atoms with E-state index in [4.69, 9.17) is 5.73 Å². The normalized spacial score (nSPS) is 22.1. The van der Waals surface area contributed by atoms with Crippen molar-refractivity contribution >= 4 is 18.3 Å². The van der Waals surface area contributed by atoms with Crippen LogP contribution >= 0.6 is 12.4 Å². The Bertz CT molecular complexity index is 246. The SMILES string of the molecule is CCN(CC)C(=O)C(C)N1CCCC(CN)C1.Cl. The van der Waals surface area contributed by atoms with Crippen molar-refractivity contribution in [2.24, 2.45) is 11.7 Å². The number of piperidine rings is 1. The van der Waals surface area contributed by atoms with Gasteiger partial charge < -0.3 is 10.6 Å². The highest BCUT2D eigenvalue weighted by Crippen LogP contribution is 2.18. The zero-order valence-electron chi connectivity index (χ0n) is 11.9. The number of likely N-dealkylation sites (N-methyl/N-ethyl adjacent to an activating group) is 1. The molecule has 1 fully saturated rings. The van der Waals surface area contributed by atoms with Crippen LogP contribution in [0.3, 0.4) is 0 Å². The minimum atomic E-state index is 0. The third-order valence-electron chi connectivity index (χ3n) is 3.86. The quantitative estimate of drug-likeness (QED) is 0.825. The summed E-state index contributed by atoms with van der Waals surface area (Å²) in [5, 5.41) is 0. The molecule has 0 bridgehead atoms. The lowest BCUT2D eigenvalue weighted by molar-refractivity contribution is -0.136. The number of carbonyl (C=O) groups excluding carboxylic acids is 1. The van der Waals surface area contributed by atoms with Gasteiger partial charge >= 0.3 is 0 Å². The maximum atomic E-state index is 12.3. The molecule has 2 N–H and O–H groups in total. The fourth-order valence-corrected chi connectivity index (χ4v) is 2.60. The van der Waals surface area contributed by atoms with Crippen molar-refractivity contribution in [3.63, 3.8) is 0 Å². The van der Waals surface area contributed by atoms with E-state index in [9.17, 15) is 4.79 Å². The Labute approximate surface area is 117 Å². The lowest BCUT2D eigenvalue weighted by atomic mass is 9.97. The summed E-state index contributed by atoms with van der Waals surface area (Å²) >= 11 is 0. The Morgan fingerprint density at radius 3 is 2.56 bits per heavy atom. The first-order valence-electron chi connectivity index (χ1n) is 6.86. The molecular weight excluding hydrogens is 250 g/mol. The van der Waals surface area contributed by atoms with Crippen molar-refractivity contribution in [1.29, 1.82) is 0 Å². The molecule has 1 saturated heterocycles. The van der Waals surface area contributed by atoms with E-state index in [1.807, 2.05) is 25.7 Å². The monoisotopic (exact) mass is 277 g/mol. The Kier molecular flexibility index (Phi) is 8.57. The lowest BCUT2D eigenvalue weighted by Crippen LogP contribution is -2.51. The molecule has 1 aliphatic heterocycles. The first-order valence-corrected chi connectivity index (χ1v) is 6.86. The van der Waals surface area contributed by atoms with Crippen molar-refractivity contribution in [3.05, 3.63) is 0 Å². The molecule has 4 nitrogen and oxygen atoms in total. The van der Waals surface area contributed by atoms with Crippen LogP contribution in [0.5, 0.6) is 0 Å². The van der Waals surface area contributed by atoms with Crippen LogP contribution in [-0.4, -0.2) is 54.5 Å². The number of nitrogens with zero attached hydrogens (tertiary/aromatic N) is 2. The molecule has 0 aromatic heterocycles. The first kappa shape index (κ1) is 17.7. The third kappa shape index (κ3) is 4.41. The van der Waals surface area contributed by atoms with Crippen LogP contribution in [0.4, 0.5) is 0 Å². The number of amides is 1. The number of likely N-dealkylation sites (tertiary alicyclic amines) is 1. The summed E-state index contributed by atoms with van der Waals surface area (Å²) in [7, 11) is 0. The van der Waals surface area contributed by atoms with E-state index < -0.39 is 0 Å². The molecule has 0 aliphatic carbocycles. The van der Waals surface area contributed by atoms with E-state index in [1.165, 1.54) is 6.42 Å². The number of hydrogen-bond donors (Lipinski definition) is 1. The van der Waals surface area contributed by atoms with E-state index >= 15 is 0 Å². The summed E-state index contributed by atoms with van der Waals surface area (Å²) in [6, 6.07) is 0.00394. The lowest BCUT2D eigenvalue weighted by Gasteiger charge is -2.37. The molecule has 0 radical (unpaired) electrons. The van der Waals surface area contributed by atoms with E-state index in [0.717, 1.165) is 39.1 Å². The summed E-state index contributed by atoms with van der Waals surface area (Å²) in [5.41, 5.74) is 5.73. The van der Waals surface area contributed by atoms with Gasteiger partial charge in [-0.15, -0.1) is 12.4 Å². The molecule has 0 spiro atoms. The van der Waals surface area contributed by atoms with Gasteiger partial charge in [0.1, 0.15) is 0 Å². The topological polar surface area (TPSA) is 49.6 Å². The molecule has 5 heteroatoms. The van der Waals surface area contributed by atoms with Gasteiger partial charge in [0.25, 0.3) is 0 Å². The van der Waals surface area contributed by atoms with Crippen LogP contribution in [-0.2, 0) is 4.79 Å². The molecule has 2 atom stereocenters. The van der Waals surface area contributed by atoms with Crippen LogP contribution in [0.25, 0.3) is 0 Å². The zero-order valence-corrected chi connectivity index (χ0v) is 12.7. The van der Waals surface area contributed by atoms with Crippen LogP contribution in [0, 0.1) is 5.92 Å². The molecule has 0 saturated carbocycles. The number of hydrogen-bond acceptors (Lipinski definition) is 3. The number of halogens is 1. The Morgan fingerprint density at radius 2 is 2.06 bits per heavy atom. The van der Waals surface area contributed by atoms with Crippen LogP contribution in [0.2, 0.25) is 0 Å². The average Bonchev–Trinajstić information content (AvgIpc) is 2.39. The van der Waals surface area contributed by atoms with Gasteiger partial charge in [-0.05, 0) is 52.6 Å². The van der Waals surface area contributed by atoms with E-state index in [-0.39, 0.29) is 24.4 Å². The predicted octanol–water partition coefficient (Wildman–Crippen LogP) is 1.34. The molecule has 1 heterocycles. The minimum absolute atomic E-state index is 0. The fraction of sp³-hybridized carbons (Fsp3) is 0.923. The molecule has 1 rings (SSSR count). The zero-order chi connectivity index (χ0) is 12.8. The predicted molar refractivity (Wildman–Crippen MR) is 78.0 cm³/mol. The highest BCUT2D eigenvalue weighted by Gasteiger charge is 2.28. The molecular formula is C13H28ClN3O. The molecule has 108 valence electrons. The van der Waals surface area contributed by atoms with Crippen molar-refractivity contribution in [2.75, 3.05) is 32.7 Å². The molecule has 0 aromatic carbocycles. The average molecular weight is 278 g/mol. The Hall–Kier alpha value is -0.320. The Balaban J connectivity index is 0.00000289. The van der Waals surface area contributed by atoms with Crippen LogP contribution < -0.4 is 5.73 Å². The van der Waals surface area contributed by atoms with E-state index in [0.29, 0.717) is 5.92 Å². The second kappa shape index (κ2) is 8.73. The van der Waals surface area contributed by atoms with Crippen molar-refractivity contribution in [2.45, 2.75) is 39.7 Å². The molecule has 2 unspecified atom stereocenters. The smallest absolute Gasteiger partial charge is 0.239 e. The minimum Gasteiger partial charge on any atom is -0.342 e. The second-order valence-electron chi connectivity index (χ2n) is 4.93. The van der Waals surface area contributed by atoms with E-state index in [2.05, 4.69) is 4.90 Å². The summed E-state index contributed by atoms with van der Waals surface area (Å²) in [5.74, 6) is 0.823. The molecule has 0 aromatic rings. The number of carbonyl (C=O) groups is 1. The molecule has 18 heavy (non-hydrogen) atoms. The summed E-state index contributed by atoms with van der Waals surface area (Å²) in [6.45, 7) is 10.4. The number of rotatable bonds is 5. The van der Waals surface area contributed by atoms with Gasteiger partial charge in [-0.2, -0.15) is 0 Å². The summed E-state index contributed by atoms with van der Waals surface area (Å²) in [6.07, 6.45) is 2.37. The van der Waals surface area contributed by atoms with Gasteiger partial charge in [-0.3, -0.25) is 9.69 Å². The highest BCUT2D eigenvalue weighted by atomic mass is 35.5. The van der Waals surface area contributed by atoms with Gasteiger partial charge in [0, 0.05) is 19.6 Å². The van der Waals surface area contributed by atoms with Crippen molar-refractivity contribution < 1.29 is 4.79 Å². The largest absolute Gasteiger partial charge is 0.342 e. The standard InChI is InChI=1S/C13H27N3O.ClH/c1-4-15(5-2)13(17)11(3)16-8-6-7-12(9-14)10-16;/h11-12H,4-10,14H2,1-3H3;1H. The third-order valence-corrected chi connectivity index (χ3v) is 3.86. The van der Waals surface area contributed by atoms with Crippen molar-refractivity contribution in [3.8, 4) is 0 Å². The first-order chi connectivity index (χ1) is 8.13. The van der Waals surface area contributed by atoms with Gasteiger partial charge in [-0.25, -0.2) is 0 Å². The van der Waals surface area contributed by atoms with Gasteiger partial charge in [0.05, 0.1) is 6.04 Å². The van der Waals surface area contributed by atoms with Gasteiger partial charge in [-0.1, -0.05) is 0 Å². The van der Waals surface area contributed by atoms with Crippen LogP contribution in [0.1, 0.15) is 33.6 Å². The maximum Gasteiger partial charge on any atom is 0.239 e. The highest BCUT2D eigenvalue weighted by molar-refractivity contribution is 5.85.